The molecule has 100 valence electrons. The predicted octanol–water partition coefficient (Wildman–Crippen LogP) is 1.40. The Labute approximate surface area is 105 Å². The molecule has 1 aliphatic rings. The summed E-state index contributed by atoms with van der Waals surface area (Å²) in [7, 11) is 0. The molecule has 1 rings (SSSR count). The van der Waals surface area contributed by atoms with Crippen molar-refractivity contribution < 1.29 is 9.53 Å². The average molecular weight is 242 g/mol. The Hall–Kier alpha value is -0.610. The third-order valence-corrected chi connectivity index (χ3v) is 3.20. The second kappa shape index (κ2) is 7.67. The first-order valence-electron chi connectivity index (χ1n) is 6.75. The molecule has 0 radical (unpaired) electrons. The summed E-state index contributed by atoms with van der Waals surface area (Å²) in [5.41, 5.74) is 0. The fourth-order valence-corrected chi connectivity index (χ4v) is 2.19. The SMILES string of the molecule is CCOCC(=O)N(CC1CCCCN1)C(C)C. The molecule has 1 amide bonds. The zero-order valence-corrected chi connectivity index (χ0v) is 11.4. The van der Waals surface area contributed by atoms with Gasteiger partial charge < -0.3 is 15.0 Å². The van der Waals surface area contributed by atoms with Crippen molar-refractivity contribution in [1.29, 1.82) is 0 Å². The zero-order chi connectivity index (χ0) is 12.7. The first-order valence-corrected chi connectivity index (χ1v) is 6.75. The minimum Gasteiger partial charge on any atom is -0.372 e. The first-order chi connectivity index (χ1) is 8.15. The van der Waals surface area contributed by atoms with E-state index in [-0.39, 0.29) is 18.6 Å². The lowest BCUT2D eigenvalue weighted by molar-refractivity contribution is -0.138. The summed E-state index contributed by atoms with van der Waals surface area (Å²) in [6.45, 7) is 8.73. The van der Waals surface area contributed by atoms with Crippen LogP contribution in [0, 0.1) is 0 Å². The summed E-state index contributed by atoms with van der Waals surface area (Å²) in [6, 6.07) is 0.698. The summed E-state index contributed by atoms with van der Waals surface area (Å²) in [6.07, 6.45) is 3.69. The molecule has 0 bridgehead atoms. The van der Waals surface area contributed by atoms with E-state index in [0.29, 0.717) is 12.6 Å². The Morgan fingerprint density at radius 2 is 2.24 bits per heavy atom. The van der Waals surface area contributed by atoms with Crippen LogP contribution in [0.1, 0.15) is 40.0 Å². The number of hydrogen-bond acceptors (Lipinski definition) is 3. The van der Waals surface area contributed by atoms with E-state index in [9.17, 15) is 4.79 Å². The van der Waals surface area contributed by atoms with Gasteiger partial charge in [0.1, 0.15) is 6.61 Å². The quantitative estimate of drug-likeness (QED) is 0.765. The summed E-state index contributed by atoms with van der Waals surface area (Å²) in [5.74, 6) is 0.106. The van der Waals surface area contributed by atoms with Crippen LogP contribution in [0.25, 0.3) is 0 Å². The van der Waals surface area contributed by atoms with Crippen LogP contribution < -0.4 is 5.32 Å². The minimum atomic E-state index is 0.106. The normalized spacial score (nSPS) is 20.6. The molecule has 4 nitrogen and oxygen atoms in total. The summed E-state index contributed by atoms with van der Waals surface area (Å²) in [4.78, 5) is 13.9. The zero-order valence-electron chi connectivity index (χ0n) is 11.4. The Kier molecular flexibility index (Phi) is 6.52. The molecule has 1 saturated heterocycles. The molecule has 0 saturated carbocycles. The Morgan fingerprint density at radius 3 is 2.76 bits per heavy atom. The Bertz CT molecular complexity index is 225. The smallest absolute Gasteiger partial charge is 0.248 e. The third kappa shape index (κ3) is 5.04. The molecule has 0 spiro atoms. The number of nitrogens with one attached hydrogen (secondary N) is 1. The number of hydrogen-bond donors (Lipinski definition) is 1. The molecular formula is C13H26N2O2. The van der Waals surface area contributed by atoms with E-state index in [4.69, 9.17) is 4.74 Å². The first kappa shape index (κ1) is 14.5. The Balaban J connectivity index is 2.43. The number of amides is 1. The molecule has 0 aliphatic carbocycles. The molecular weight excluding hydrogens is 216 g/mol. The molecule has 4 heteroatoms. The topological polar surface area (TPSA) is 41.6 Å². The van der Waals surface area contributed by atoms with E-state index in [2.05, 4.69) is 19.2 Å². The fraction of sp³-hybridized carbons (Fsp3) is 0.923. The molecule has 1 fully saturated rings. The van der Waals surface area contributed by atoms with Gasteiger partial charge in [-0.3, -0.25) is 4.79 Å². The van der Waals surface area contributed by atoms with E-state index < -0.39 is 0 Å². The molecule has 1 N–H and O–H groups in total. The van der Waals surface area contributed by atoms with Gasteiger partial charge in [-0.05, 0) is 40.2 Å². The highest BCUT2D eigenvalue weighted by molar-refractivity contribution is 5.77. The highest BCUT2D eigenvalue weighted by atomic mass is 16.5. The number of rotatable bonds is 6. The van der Waals surface area contributed by atoms with Gasteiger partial charge in [-0.2, -0.15) is 0 Å². The van der Waals surface area contributed by atoms with Crippen molar-refractivity contribution in [2.45, 2.75) is 52.1 Å². The average Bonchev–Trinajstić information content (AvgIpc) is 2.34. The molecule has 0 aromatic rings. The standard InChI is InChI=1S/C13H26N2O2/c1-4-17-10-13(16)15(11(2)3)9-12-7-5-6-8-14-12/h11-12,14H,4-10H2,1-3H3. The molecule has 0 aromatic heterocycles. The predicted molar refractivity (Wildman–Crippen MR) is 69.0 cm³/mol. The second-order valence-corrected chi connectivity index (χ2v) is 4.92. The summed E-state index contributed by atoms with van der Waals surface area (Å²) >= 11 is 0. The van der Waals surface area contributed by atoms with Crippen molar-refractivity contribution in [2.75, 3.05) is 26.3 Å². The van der Waals surface area contributed by atoms with Crippen LogP contribution >= 0.6 is 0 Å². The van der Waals surface area contributed by atoms with Crippen LogP contribution in [0.5, 0.6) is 0 Å². The van der Waals surface area contributed by atoms with E-state index in [1.807, 2.05) is 11.8 Å². The maximum atomic E-state index is 12.0. The summed E-state index contributed by atoms with van der Waals surface area (Å²) in [5, 5.41) is 3.48. The van der Waals surface area contributed by atoms with Crippen LogP contribution in [0.2, 0.25) is 0 Å². The number of carbonyl (C=O) groups excluding carboxylic acids is 1. The highest BCUT2D eigenvalue weighted by Crippen LogP contribution is 2.10. The summed E-state index contributed by atoms with van der Waals surface area (Å²) < 4.78 is 5.20. The van der Waals surface area contributed by atoms with Gasteiger partial charge in [-0.15, -0.1) is 0 Å². The van der Waals surface area contributed by atoms with Crippen molar-refractivity contribution in [3.05, 3.63) is 0 Å². The van der Waals surface area contributed by atoms with Crippen LogP contribution in [0.3, 0.4) is 0 Å². The second-order valence-electron chi connectivity index (χ2n) is 4.92. The van der Waals surface area contributed by atoms with Gasteiger partial charge in [-0.25, -0.2) is 0 Å². The van der Waals surface area contributed by atoms with Crippen LogP contribution in [0.15, 0.2) is 0 Å². The Morgan fingerprint density at radius 1 is 1.47 bits per heavy atom. The molecule has 1 atom stereocenters. The lowest BCUT2D eigenvalue weighted by Crippen LogP contribution is -2.49. The lowest BCUT2D eigenvalue weighted by Gasteiger charge is -2.33. The number of nitrogens with zero attached hydrogens (tertiary/aromatic N) is 1. The van der Waals surface area contributed by atoms with Gasteiger partial charge >= 0.3 is 0 Å². The molecule has 1 unspecified atom stereocenters. The number of carbonyl (C=O) groups is 1. The van der Waals surface area contributed by atoms with E-state index >= 15 is 0 Å². The molecule has 17 heavy (non-hydrogen) atoms. The van der Waals surface area contributed by atoms with E-state index in [1.165, 1.54) is 19.3 Å². The largest absolute Gasteiger partial charge is 0.372 e. The van der Waals surface area contributed by atoms with Gasteiger partial charge in [0.25, 0.3) is 0 Å². The van der Waals surface area contributed by atoms with Crippen molar-refractivity contribution in [3.63, 3.8) is 0 Å². The number of ether oxygens (including phenoxy) is 1. The molecule has 1 aliphatic heterocycles. The fourth-order valence-electron chi connectivity index (χ4n) is 2.19. The van der Waals surface area contributed by atoms with Gasteiger partial charge in [0.05, 0.1) is 0 Å². The maximum absolute atomic E-state index is 12.0. The monoisotopic (exact) mass is 242 g/mol. The van der Waals surface area contributed by atoms with Crippen molar-refractivity contribution >= 4 is 5.91 Å². The van der Waals surface area contributed by atoms with Crippen molar-refractivity contribution in [3.8, 4) is 0 Å². The van der Waals surface area contributed by atoms with Gasteiger partial charge in [0.15, 0.2) is 0 Å². The number of piperidine rings is 1. The van der Waals surface area contributed by atoms with E-state index in [0.717, 1.165) is 13.1 Å². The van der Waals surface area contributed by atoms with Gasteiger partial charge in [0.2, 0.25) is 5.91 Å². The van der Waals surface area contributed by atoms with Gasteiger partial charge in [-0.1, -0.05) is 6.42 Å². The van der Waals surface area contributed by atoms with E-state index in [1.54, 1.807) is 0 Å². The van der Waals surface area contributed by atoms with Crippen molar-refractivity contribution in [2.24, 2.45) is 0 Å². The minimum absolute atomic E-state index is 0.106. The van der Waals surface area contributed by atoms with Crippen LogP contribution in [-0.2, 0) is 9.53 Å². The maximum Gasteiger partial charge on any atom is 0.248 e. The molecule has 0 aromatic carbocycles. The van der Waals surface area contributed by atoms with Crippen LogP contribution in [-0.4, -0.2) is 49.2 Å². The highest BCUT2D eigenvalue weighted by Gasteiger charge is 2.22. The lowest BCUT2D eigenvalue weighted by atomic mass is 10.0. The molecule has 1 heterocycles. The van der Waals surface area contributed by atoms with Gasteiger partial charge in [0, 0.05) is 25.2 Å². The van der Waals surface area contributed by atoms with Crippen LogP contribution in [0.4, 0.5) is 0 Å². The van der Waals surface area contributed by atoms with Crippen molar-refractivity contribution in [1.82, 2.24) is 10.2 Å². The third-order valence-electron chi connectivity index (χ3n) is 3.20.